The van der Waals surface area contributed by atoms with E-state index in [1.54, 1.807) is 6.07 Å². The van der Waals surface area contributed by atoms with Crippen LogP contribution in [0.15, 0.2) is 10.5 Å². The van der Waals surface area contributed by atoms with Crippen LogP contribution >= 0.6 is 15.9 Å². The highest BCUT2D eigenvalue weighted by Gasteiger charge is 2.37. The minimum absolute atomic E-state index is 0.0285. The molecule has 2 rings (SSSR count). The van der Waals surface area contributed by atoms with Gasteiger partial charge in [0.25, 0.3) is 0 Å². The van der Waals surface area contributed by atoms with Gasteiger partial charge in [0, 0.05) is 11.5 Å². The van der Waals surface area contributed by atoms with E-state index in [0.29, 0.717) is 10.0 Å². The van der Waals surface area contributed by atoms with Gasteiger partial charge in [-0.15, -0.1) is 0 Å². The zero-order valence-electron chi connectivity index (χ0n) is 11.3. The largest absolute Gasteiger partial charge is 0.493 e. The lowest BCUT2D eigenvalue weighted by Gasteiger charge is -2.20. The number of hydrogen-bond donors (Lipinski definition) is 1. The third kappa shape index (κ3) is 2.90. The van der Waals surface area contributed by atoms with E-state index in [9.17, 15) is 9.18 Å². The maximum absolute atomic E-state index is 14.3. The number of carboxylic acids is 1. The number of carbonyl (C=O) groups is 1. The molecule has 0 spiro atoms. The lowest BCUT2D eigenvalue weighted by atomic mass is 9.90. The zero-order chi connectivity index (χ0) is 14.9. The van der Waals surface area contributed by atoms with Crippen LogP contribution in [0.5, 0.6) is 11.5 Å². The first-order valence-electron chi connectivity index (χ1n) is 6.31. The van der Waals surface area contributed by atoms with E-state index in [1.807, 2.05) is 0 Å². The smallest absolute Gasteiger partial charge is 0.303 e. The molecule has 1 aromatic rings. The van der Waals surface area contributed by atoms with E-state index in [-0.39, 0.29) is 29.8 Å². The molecule has 1 N–H and O–H groups in total. The normalized spacial score (nSPS) is 15.8. The third-order valence-corrected chi connectivity index (χ3v) is 4.14. The maximum atomic E-state index is 14.3. The Balaban J connectivity index is 2.50. The van der Waals surface area contributed by atoms with Gasteiger partial charge < -0.3 is 14.6 Å². The lowest BCUT2D eigenvalue weighted by molar-refractivity contribution is -0.137. The van der Waals surface area contributed by atoms with Crippen LogP contribution in [0.2, 0.25) is 0 Å². The minimum Gasteiger partial charge on any atom is -0.493 e. The molecule has 0 radical (unpaired) electrons. The van der Waals surface area contributed by atoms with Crippen LogP contribution in [0.25, 0.3) is 0 Å². The van der Waals surface area contributed by atoms with Crippen molar-refractivity contribution < 1.29 is 23.8 Å². The number of aliphatic carboxylic acids is 1. The summed E-state index contributed by atoms with van der Waals surface area (Å²) in [5.74, 6) is -1.32. The van der Waals surface area contributed by atoms with Gasteiger partial charge in [0.2, 0.25) is 5.82 Å². The SMILES string of the molecule is COc1c(Br)cc(C(CC(=O)O)C2CC2)c(OC)c1F. The highest BCUT2D eigenvalue weighted by atomic mass is 79.9. The van der Waals surface area contributed by atoms with Crippen molar-refractivity contribution in [2.24, 2.45) is 5.92 Å². The molecule has 1 aromatic carbocycles. The van der Waals surface area contributed by atoms with Crippen LogP contribution in [0.1, 0.15) is 30.7 Å². The molecular weight excluding hydrogens is 331 g/mol. The van der Waals surface area contributed by atoms with E-state index in [1.165, 1.54) is 14.2 Å². The van der Waals surface area contributed by atoms with Crippen molar-refractivity contribution >= 4 is 21.9 Å². The molecule has 1 aliphatic carbocycles. The van der Waals surface area contributed by atoms with Crippen molar-refractivity contribution in [1.82, 2.24) is 0 Å². The van der Waals surface area contributed by atoms with Crippen molar-refractivity contribution in [1.29, 1.82) is 0 Å². The molecule has 0 aromatic heterocycles. The summed E-state index contributed by atoms with van der Waals surface area (Å²) in [5, 5.41) is 9.05. The minimum atomic E-state index is -0.892. The van der Waals surface area contributed by atoms with Crippen molar-refractivity contribution in [3.8, 4) is 11.5 Å². The Labute approximate surface area is 125 Å². The van der Waals surface area contributed by atoms with Gasteiger partial charge in [0.1, 0.15) is 0 Å². The van der Waals surface area contributed by atoms with Crippen LogP contribution in [-0.2, 0) is 4.79 Å². The van der Waals surface area contributed by atoms with E-state index in [0.717, 1.165) is 12.8 Å². The molecule has 0 saturated heterocycles. The summed E-state index contributed by atoms with van der Waals surface area (Å²) in [4.78, 5) is 11.0. The first-order valence-corrected chi connectivity index (χ1v) is 7.10. The van der Waals surface area contributed by atoms with Gasteiger partial charge in [0.15, 0.2) is 11.5 Å². The van der Waals surface area contributed by atoms with Crippen molar-refractivity contribution in [3.63, 3.8) is 0 Å². The number of hydrogen-bond acceptors (Lipinski definition) is 3. The summed E-state index contributed by atoms with van der Waals surface area (Å²) in [5.41, 5.74) is 0.586. The summed E-state index contributed by atoms with van der Waals surface area (Å²) < 4.78 is 24.9. The quantitative estimate of drug-likeness (QED) is 0.855. The first kappa shape index (κ1) is 15.1. The Kier molecular flexibility index (Phi) is 4.52. The Morgan fingerprint density at radius 1 is 1.45 bits per heavy atom. The number of ether oxygens (including phenoxy) is 2. The Morgan fingerprint density at radius 2 is 2.05 bits per heavy atom. The third-order valence-electron chi connectivity index (χ3n) is 3.55. The predicted molar refractivity (Wildman–Crippen MR) is 74.9 cm³/mol. The van der Waals surface area contributed by atoms with E-state index in [4.69, 9.17) is 14.6 Å². The van der Waals surface area contributed by atoms with Gasteiger partial charge >= 0.3 is 5.97 Å². The highest BCUT2D eigenvalue weighted by Crippen LogP contribution is 2.49. The molecule has 110 valence electrons. The predicted octanol–water partition coefficient (Wildman–Crippen LogP) is 3.57. The van der Waals surface area contributed by atoms with E-state index in [2.05, 4.69) is 15.9 Å². The Hall–Kier alpha value is -1.30. The van der Waals surface area contributed by atoms with Crippen LogP contribution < -0.4 is 9.47 Å². The van der Waals surface area contributed by atoms with Crippen LogP contribution in [0.4, 0.5) is 4.39 Å². The van der Waals surface area contributed by atoms with Crippen LogP contribution in [-0.4, -0.2) is 25.3 Å². The molecule has 0 bridgehead atoms. The van der Waals surface area contributed by atoms with Crippen LogP contribution in [0.3, 0.4) is 0 Å². The van der Waals surface area contributed by atoms with Crippen molar-refractivity contribution in [2.45, 2.75) is 25.2 Å². The average Bonchev–Trinajstić information content (AvgIpc) is 3.20. The fourth-order valence-corrected chi connectivity index (χ4v) is 3.07. The van der Waals surface area contributed by atoms with Crippen LogP contribution in [0, 0.1) is 11.7 Å². The Bertz CT molecular complexity index is 528. The molecule has 1 atom stereocenters. The molecule has 4 nitrogen and oxygen atoms in total. The standard InChI is InChI=1S/C14H16BrFO4/c1-19-13-9(5-10(15)14(20-2)12(13)16)8(6-11(17)18)7-3-4-7/h5,7-8H,3-4,6H2,1-2H3,(H,17,18). The highest BCUT2D eigenvalue weighted by molar-refractivity contribution is 9.10. The summed E-state index contributed by atoms with van der Waals surface area (Å²) in [6.45, 7) is 0. The summed E-state index contributed by atoms with van der Waals surface area (Å²) >= 11 is 3.26. The van der Waals surface area contributed by atoms with Gasteiger partial charge in [-0.2, -0.15) is 4.39 Å². The summed E-state index contributed by atoms with van der Waals surface area (Å²) in [7, 11) is 2.75. The monoisotopic (exact) mass is 346 g/mol. The summed E-state index contributed by atoms with van der Waals surface area (Å²) in [6.07, 6.45) is 1.90. The molecule has 0 heterocycles. The van der Waals surface area contributed by atoms with E-state index < -0.39 is 11.8 Å². The number of halogens is 2. The molecule has 6 heteroatoms. The van der Waals surface area contributed by atoms with E-state index >= 15 is 0 Å². The van der Waals surface area contributed by atoms with Gasteiger partial charge in [-0.05, 0) is 40.8 Å². The number of benzene rings is 1. The molecule has 1 aliphatic rings. The van der Waals surface area contributed by atoms with Crippen molar-refractivity contribution in [3.05, 3.63) is 21.9 Å². The second kappa shape index (κ2) is 5.99. The van der Waals surface area contributed by atoms with Gasteiger partial charge in [0.05, 0.1) is 25.1 Å². The van der Waals surface area contributed by atoms with Gasteiger partial charge in [-0.1, -0.05) is 0 Å². The van der Waals surface area contributed by atoms with Gasteiger partial charge in [-0.3, -0.25) is 4.79 Å². The second-order valence-electron chi connectivity index (χ2n) is 4.87. The average molecular weight is 347 g/mol. The first-order chi connectivity index (χ1) is 9.49. The molecule has 20 heavy (non-hydrogen) atoms. The number of rotatable bonds is 6. The fraction of sp³-hybridized carbons (Fsp3) is 0.500. The molecule has 0 amide bonds. The molecule has 1 unspecified atom stereocenters. The fourth-order valence-electron chi connectivity index (χ4n) is 2.49. The second-order valence-corrected chi connectivity index (χ2v) is 5.72. The summed E-state index contributed by atoms with van der Waals surface area (Å²) in [6, 6.07) is 1.70. The van der Waals surface area contributed by atoms with Crippen molar-refractivity contribution in [2.75, 3.05) is 14.2 Å². The molecular formula is C14H16BrFO4. The van der Waals surface area contributed by atoms with Gasteiger partial charge in [-0.25, -0.2) is 0 Å². The lowest BCUT2D eigenvalue weighted by Crippen LogP contribution is -2.11. The number of methoxy groups -OCH3 is 2. The maximum Gasteiger partial charge on any atom is 0.303 e. The topological polar surface area (TPSA) is 55.8 Å². The molecule has 1 saturated carbocycles. The zero-order valence-corrected chi connectivity index (χ0v) is 12.9. The molecule has 0 aliphatic heterocycles. The Morgan fingerprint density at radius 3 is 2.50 bits per heavy atom. The molecule has 1 fully saturated rings. The number of carboxylic acid groups (broad SMARTS) is 1.